The summed E-state index contributed by atoms with van der Waals surface area (Å²) in [6.45, 7) is 5.12. The molecule has 0 heterocycles. The maximum absolute atomic E-state index is 11.7. The Morgan fingerprint density at radius 2 is 2.00 bits per heavy atom. The zero-order valence-corrected chi connectivity index (χ0v) is 12.0. The fourth-order valence-electron chi connectivity index (χ4n) is 1.82. The summed E-state index contributed by atoms with van der Waals surface area (Å²) >= 11 is 5.99. The molecule has 5 heteroatoms. The fraction of sp³-hybridized carbons (Fsp3) is 0.133. The van der Waals surface area contributed by atoms with Crippen molar-refractivity contribution < 1.29 is 14.3 Å². The monoisotopic (exact) mass is 291 g/mol. The SMILES string of the molecule is C=C(C)C(=O)Oc1c(N)cc(OC)c2cc(Cl)ccc12. The van der Waals surface area contributed by atoms with Crippen LogP contribution in [0.5, 0.6) is 11.5 Å². The molecule has 0 fully saturated rings. The first-order valence-corrected chi connectivity index (χ1v) is 6.25. The zero-order valence-electron chi connectivity index (χ0n) is 11.2. The van der Waals surface area contributed by atoms with E-state index in [4.69, 9.17) is 26.8 Å². The molecule has 2 N–H and O–H groups in total. The van der Waals surface area contributed by atoms with Gasteiger partial charge in [0.2, 0.25) is 0 Å². The molecule has 2 aromatic carbocycles. The molecule has 0 saturated carbocycles. The lowest BCUT2D eigenvalue weighted by Gasteiger charge is -2.13. The highest BCUT2D eigenvalue weighted by Gasteiger charge is 2.16. The number of carbonyl (C=O) groups excluding carboxylic acids is 1. The van der Waals surface area contributed by atoms with Crippen LogP contribution in [0.15, 0.2) is 36.4 Å². The molecule has 0 unspecified atom stereocenters. The van der Waals surface area contributed by atoms with Gasteiger partial charge in [0.1, 0.15) is 5.75 Å². The Balaban J connectivity index is 2.68. The number of hydrogen-bond acceptors (Lipinski definition) is 4. The van der Waals surface area contributed by atoms with E-state index in [0.29, 0.717) is 27.4 Å². The van der Waals surface area contributed by atoms with E-state index in [1.165, 1.54) is 7.11 Å². The normalized spacial score (nSPS) is 10.3. The van der Waals surface area contributed by atoms with Gasteiger partial charge in [0, 0.05) is 27.4 Å². The summed E-state index contributed by atoms with van der Waals surface area (Å²) in [7, 11) is 1.54. The Bertz CT molecular complexity index is 710. The van der Waals surface area contributed by atoms with Crippen molar-refractivity contribution in [3.05, 3.63) is 41.4 Å². The molecule has 4 nitrogen and oxygen atoms in total. The number of nitrogen functional groups attached to an aromatic ring is 1. The number of benzene rings is 2. The van der Waals surface area contributed by atoms with Crippen molar-refractivity contribution in [2.75, 3.05) is 12.8 Å². The van der Waals surface area contributed by atoms with Crippen molar-refractivity contribution in [3.63, 3.8) is 0 Å². The van der Waals surface area contributed by atoms with E-state index in [1.807, 2.05) is 0 Å². The Morgan fingerprint density at radius 3 is 2.60 bits per heavy atom. The van der Waals surface area contributed by atoms with Crippen LogP contribution < -0.4 is 15.2 Å². The molecule has 2 rings (SSSR count). The van der Waals surface area contributed by atoms with Crippen LogP contribution in [0.4, 0.5) is 5.69 Å². The van der Waals surface area contributed by atoms with Crippen LogP contribution in [-0.4, -0.2) is 13.1 Å². The second kappa shape index (κ2) is 5.43. The van der Waals surface area contributed by atoms with Gasteiger partial charge in [0.05, 0.1) is 12.8 Å². The summed E-state index contributed by atoms with van der Waals surface area (Å²) in [6, 6.07) is 6.76. The van der Waals surface area contributed by atoms with Gasteiger partial charge in [-0.05, 0) is 25.1 Å². The smallest absolute Gasteiger partial charge is 0.338 e. The Morgan fingerprint density at radius 1 is 1.30 bits per heavy atom. The number of halogens is 1. The minimum absolute atomic E-state index is 0.283. The summed E-state index contributed by atoms with van der Waals surface area (Å²) in [5, 5.41) is 1.93. The largest absolute Gasteiger partial charge is 0.496 e. The van der Waals surface area contributed by atoms with Crippen LogP contribution in [0.1, 0.15) is 6.92 Å². The van der Waals surface area contributed by atoms with E-state index in [0.717, 1.165) is 5.39 Å². The first-order valence-electron chi connectivity index (χ1n) is 5.87. The standard InChI is InChI=1S/C15H14ClNO3/c1-8(2)15(18)20-14-10-5-4-9(16)6-11(10)13(19-3)7-12(14)17/h4-7H,1,17H2,2-3H3. The molecule has 0 aliphatic heterocycles. The van der Waals surface area contributed by atoms with Gasteiger partial charge < -0.3 is 15.2 Å². The maximum atomic E-state index is 11.7. The topological polar surface area (TPSA) is 61.5 Å². The molecule has 104 valence electrons. The van der Waals surface area contributed by atoms with Crippen molar-refractivity contribution in [2.45, 2.75) is 6.92 Å². The molecule has 0 amide bonds. The van der Waals surface area contributed by atoms with E-state index >= 15 is 0 Å². The van der Waals surface area contributed by atoms with Crippen LogP contribution in [0, 0.1) is 0 Å². The van der Waals surface area contributed by atoms with Crippen LogP contribution in [-0.2, 0) is 4.79 Å². The number of ether oxygens (including phenoxy) is 2. The average molecular weight is 292 g/mol. The van der Waals surface area contributed by atoms with E-state index in [1.54, 1.807) is 31.2 Å². The maximum Gasteiger partial charge on any atom is 0.338 e. The van der Waals surface area contributed by atoms with E-state index in [-0.39, 0.29) is 5.75 Å². The quantitative estimate of drug-likeness (QED) is 0.406. The van der Waals surface area contributed by atoms with Gasteiger partial charge in [-0.2, -0.15) is 0 Å². The number of rotatable bonds is 3. The Labute approximate surface area is 121 Å². The lowest BCUT2D eigenvalue weighted by atomic mass is 10.1. The van der Waals surface area contributed by atoms with Crippen molar-refractivity contribution >= 4 is 34.0 Å². The van der Waals surface area contributed by atoms with Crippen molar-refractivity contribution in [1.82, 2.24) is 0 Å². The summed E-state index contributed by atoms with van der Waals surface area (Å²) in [5.41, 5.74) is 6.53. The molecule has 0 radical (unpaired) electrons. The first-order chi connectivity index (χ1) is 9.43. The minimum atomic E-state index is -0.530. The van der Waals surface area contributed by atoms with Gasteiger partial charge in [0.15, 0.2) is 5.75 Å². The van der Waals surface area contributed by atoms with Gasteiger partial charge in [0.25, 0.3) is 0 Å². The Hall–Kier alpha value is -2.20. The highest BCUT2D eigenvalue weighted by atomic mass is 35.5. The fourth-order valence-corrected chi connectivity index (χ4v) is 1.99. The van der Waals surface area contributed by atoms with Crippen molar-refractivity contribution in [3.8, 4) is 11.5 Å². The minimum Gasteiger partial charge on any atom is -0.496 e. The number of hydrogen-bond donors (Lipinski definition) is 1. The number of anilines is 1. The van der Waals surface area contributed by atoms with Crippen molar-refractivity contribution in [1.29, 1.82) is 0 Å². The molecule has 20 heavy (non-hydrogen) atoms. The second-order valence-corrected chi connectivity index (χ2v) is 4.79. The average Bonchev–Trinajstić information content (AvgIpc) is 2.41. The third-order valence-electron chi connectivity index (χ3n) is 2.80. The summed E-state index contributed by atoms with van der Waals surface area (Å²) in [5.74, 6) is 0.318. The molecule has 2 aromatic rings. The summed E-state index contributed by atoms with van der Waals surface area (Å²) < 4.78 is 10.6. The van der Waals surface area contributed by atoms with Gasteiger partial charge in [-0.1, -0.05) is 18.2 Å². The second-order valence-electron chi connectivity index (χ2n) is 4.36. The zero-order chi connectivity index (χ0) is 14.9. The van der Waals surface area contributed by atoms with E-state index in [9.17, 15) is 4.79 Å². The van der Waals surface area contributed by atoms with Gasteiger partial charge in [-0.15, -0.1) is 0 Å². The predicted octanol–water partition coefficient (Wildman–Crippen LogP) is 3.57. The Kier molecular flexibility index (Phi) is 3.86. The number of esters is 1. The van der Waals surface area contributed by atoms with Gasteiger partial charge in [-0.25, -0.2) is 4.79 Å². The highest BCUT2D eigenvalue weighted by molar-refractivity contribution is 6.31. The first kappa shape index (κ1) is 14.2. The number of carbonyl (C=O) groups is 1. The lowest BCUT2D eigenvalue weighted by molar-refractivity contribution is -0.129. The molecule has 0 aliphatic carbocycles. The lowest BCUT2D eigenvalue weighted by Crippen LogP contribution is -2.10. The molecular weight excluding hydrogens is 278 g/mol. The van der Waals surface area contributed by atoms with Gasteiger partial charge in [-0.3, -0.25) is 0 Å². The molecule has 0 aromatic heterocycles. The van der Waals surface area contributed by atoms with Crippen LogP contribution in [0.3, 0.4) is 0 Å². The third-order valence-corrected chi connectivity index (χ3v) is 3.04. The molecule has 0 spiro atoms. The molecule has 0 atom stereocenters. The third kappa shape index (κ3) is 2.56. The molecular formula is C15H14ClNO3. The number of nitrogens with two attached hydrogens (primary N) is 1. The van der Waals surface area contributed by atoms with Gasteiger partial charge >= 0.3 is 5.97 Å². The number of fused-ring (bicyclic) bond motifs is 1. The van der Waals surface area contributed by atoms with Crippen molar-refractivity contribution in [2.24, 2.45) is 0 Å². The number of methoxy groups -OCH3 is 1. The summed E-state index contributed by atoms with van der Waals surface area (Å²) in [4.78, 5) is 11.7. The summed E-state index contributed by atoms with van der Waals surface area (Å²) in [6.07, 6.45) is 0. The van der Waals surface area contributed by atoms with Crippen LogP contribution in [0.25, 0.3) is 10.8 Å². The van der Waals surface area contributed by atoms with E-state index in [2.05, 4.69) is 6.58 Å². The molecule has 0 saturated heterocycles. The molecule has 0 bridgehead atoms. The van der Waals surface area contributed by atoms with E-state index < -0.39 is 5.97 Å². The van der Waals surface area contributed by atoms with Crippen LogP contribution >= 0.6 is 11.6 Å². The highest BCUT2D eigenvalue weighted by Crippen LogP contribution is 2.39. The molecule has 0 aliphatic rings. The van der Waals surface area contributed by atoms with Crippen LogP contribution in [0.2, 0.25) is 5.02 Å². The predicted molar refractivity (Wildman–Crippen MR) is 80.4 cm³/mol.